The lowest BCUT2D eigenvalue weighted by Crippen LogP contribution is -2.36. The van der Waals surface area contributed by atoms with Crippen LogP contribution in [-0.4, -0.2) is 52.5 Å². The lowest BCUT2D eigenvalue weighted by atomic mass is 9.86. The van der Waals surface area contributed by atoms with Crippen LogP contribution in [0.5, 0.6) is 11.6 Å². The molecule has 3 aromatic rings. The molecule has 1 aliphatic carbocycles. The minimum absolute atomic E-state index is 0.114. The molecule has 0 atom stereocenters. The normalized spacial score (nSPS) is 22.7. The summed E-state index contributed by atoms with van der Waals surface area (Å²) in [6, 6.07) is 3.65. The van der Waals surface area contributed by atoms with Crippen LogP contribution in [0.2, 0.25) is 0 Å². The van der Waals surface area contributed by atoms with Gasteiger partial charge in [0.1, 0.15) is 17.7 Å². The van der Waals surface area contributed by atoms with E-state index in [2.05, 4.69) is 20.2 Å². The van der Waals surface area contributed by atoms with Crippen molar-refractivity contribution in [2.24, 2.45) is 0 Å². The number of anilines is 1. The van der Waals surface area contributed by atoms with Crippen molar-refractivity contribution in [1.82, 2.24) is 15.0 Å². The van der Waals surface area contributed by atoms with Gasteiger partial charge in [0.25, 0.3) is 0 Å². The highest BCUT2D eigenvalue weighted by Gasteiger charge is 2.26. The lowest BCUT2D eigenvalue weighted by Gasteiger charge is -2.30. The molecular formula is C21H24N4O3S. The van der Waals surface area contributed by atoms with Crippen molar-refractivity contribution in [3.63, 3.8) is 0 Å². The second-order valence-electron chi connectivity index (χ2n) is 7.65. The van der Waals surface area contributed by atoms with E-state index in [1.165, 1.54) is 11.9 Å². The fourth-order valence-corrected chi connectivity index (χ4v) is 4.81. The Bertz CT molecular complexity index is 967. The highest BCUT2D eigenvalue weighted by molar-refractivity contribution is 7.07. The van der Waals surface area contributed by atoms with Crippen LogP contribution < -0.4 is 9.64 Å². The van der Waals surface area contributed by atoms with E-state index in [0.717, 1.165) is 55.5 Å². The van der Waals surface area contributed by atoms with Gasteiger partial charge in [0.2, 0.25) is 5.88 Å². The molecule has 5 rings (SSSR count). The van der Waals surface area contributed by atoms with Crippen molar-refractivity contribution in [3.05, 3.63) is 34.9 Å². The predicted octanol–water partition coefficient (Wildman–Crippen LogP) is 3.73. The number of nitrogens with zero attached hydrogens (tertiary/aromatic N) is 4. The standard InChI is InChI=1S/C21H24N4O3S/c26-15-9-17-18(22-11-15)10-20(25-5-7-27-8-6-25)24-21(17)28-16-3-1-14(2-4-16)19-12-29-13-23-19/h9-14,16,26H,1-8H2/t14-,16+. The molecule has 29 heavy (non-hydrogen) atoms. The summed E-state index contributed by atoms with van der Waals surface area (Å²) >= 11 is 1.66. The zero-order valence-electron chi connectivity index (χ0n) is 16.2. The highest BCUT2D eigenvalue weighted by atomic mass is 32.1. The van der Waals surface area contributed by atoms with Gasteiger partial charge in [-0.1, -0.05) is 0 Å². The molecule has 3 aromatic heterocycles. The van der Waals surface area contributed by atoms with E-state index in [-0.39, 0.29) is 11.9 Å². The summed E-state index contributed by atoms with van der Waals surface area (Å²) < 4.78 is 11.8. The molecule has 7 nitrogen and oxygen atoms in total. The van der Waals surface area contributed by atoms with Crippen LogP contribution in [0.3, 0.4) is 0 Å². The molecule has 1 saturated carbocycles. The molecule has 4 heterocycles. The van der Waals surface area contributed by atoms with Gasteiger partial charge < -0.3 is 19.5 Å². The summed E-state index contributed by atoms with van der Waals surface area (Å²) in [5, 5.41) is 12.8. The Kier molecular flexibility index (Phi) is 5.20. The SMILES string of the molecule is Oc1cnc2cc(N3CCOCC3)nc(O[C@H]3CC[C@@H](c4cscn4)CC3)c2c1. The third-order valence-electron chi connectivity index (χ3n) is 5.77. The minimum Gasteiger partial charge on any atom is -0.506 e. The van der Waals surface area contributed by atoms with Gasteiger partial charge in [0.05, 0.1) is 41.5 Å². The average molecular weight is 413 g/mol. The van der Waals surface area contributed by atoms with Crippen LogP contribution in [0.25, 0.3) is 10.9 Å². The number of fused-ring (bicyclic) bond motifs is 1. The first-order chi connectivity index (χ1) is 14.3. The highest BCUT2D eigenvalue weighted by Crippen LogP contribution is 2.36. The van der Waals surface area contributed by atoms with Crippen molar-refractivity contribution in [1.29, 1.82) is 0 Å². The number of aromatic nitrogens is 3. The number of hydrogen-bond donors (Lipinski definition) is 1. The van der Waals surface area contributed by atoms with Crippen molar-refractivity contribution in [2.75, 3.05) is 31.2 Å². The van der Waals surface area contributed by atoms with Crippen LogP contribution in [0.15, 0.2) is 29.2 Å². The Balaban J connectivity index is 1.38. The predicted molar refractivity (Wildman–Crippen MR) is 112 cm³/mol. The smallest absolute Gasteiger partial charge is 0.225 e. The van der Waals surface area contributed by atoms with Crippen LogP contribution >= 0.6 is 11.3 Å². The maximum atomic E-state index is 9.94. The molecule has 0 radical (unpaired) electrons. The van der Waals surface area contributed by atoms with Gasteiger partial charge in [-0.3, -0.25) is 4.98 Å². The number of thiazole rings is 1. The average Bonchev–Trinajstić information content (AvgIpc) is 3.30. The van der Waals surface area contributed by atoms with Crippen LogP contribution in [0.4, 0.5) is 5.82 Å². The van der Waals surface area contributed by atoms with Gasteiger partial charge in [-0.2, -0.15) is 4.98 Å². The number of ether oxygens (including phenoxy) is 2. The first-order valence-corrected chi connectivity index (χ1v) is 11.1. The van der Waals surface area contributed by atoms with Gasteiger partial charge >= 0.3 is 0 Å². The molecule has 1 aliphatic heterocycles. The molecule has 2 fully saturated rings. The van der Waals surface area contributed by atoms with Crippen molar-refractivity contribution < 1.29 is 14.6 Å². The second-order valence-corrected chi connectivity index (χ2v) is 8.37. The molecular weight excluding hydrogens is 388 g/mol. The first kappa shape index (κ1) is 18.6. The Hall–Kier alpha value is -2.45. The van der Waals surface area contributed by atoms with Gasteiger partial charge in [-0.15, -0.1) is 11.3 Å². The van der Waals surface area contributed by atoms with Gasteiger partial charge in [0.15, 0.2) is 0 Å². The topological polar surface area (TPSA) is 80.6 Å². The van der Waals surface area contributed by atoms with Gasteiger partial charge in [-0.05, 0) is 31.7 Å². The molecule has 1 saturated heterocycles. The van der Waals surface area contributed by atoms with E-state index in [1.54, 1.807) is 17.4 Å². The molecule has 8 heteroatoms. The van der Waals surface area contributed by atoms with Gasteiger partial charge in [-0.25, -0.2) is 4.98 Å². The lowest BCUT2D eigenvalue weighted by molar-refractivity contribution is 0.122. The Morgan fingerprint density at radius 1 is 1.10 bits per heavy atom. The summed E-state index contributed by atoms with van der Waals surface area (Å²) in [5.74, 6) is 2.06. The molecule has 0 amide bonds. The quantitative estimate of drug-likeness (QED) is 0.699. The molecule has 1 N–H and O–H groups in total. The fraction of sp³-hybridized carbons (Fsp3) is 0.476. The number of hydrogen-bond acceptors (Lipinski definition) is 8. The molecule has 0 aromatic carbocycles. The molecule has 152 valence electrons. The third-order valence-corrected chi connectivity index (χ3v) is 6.38. The largest absolute Gasteiger partial charge is 0.506 e. The zero-order chi connectivity index (χ0) is 19.6. The van der Waals surface area contributed by atoms with Crippen molar-refractivity contribution in [3.8, 4) is 11.6 Å². The molecule has 0 unspecified atom stereocenters. The van der Waals surface area contributed by atoms with Crippen molar-refractivity contribution >= 4 is 28.1 Å². The van der Waals surface area contributed by atoms with Gasteiger partial charge in [0, 0.05) is 30.5 Å². The fourth-order valence-electron chi connectivity index (χ4n) is 4.17. The number of pyridine rings is 2. The monoisotopic (exact) mass is 412 g/mol. The van der Waals surface area contributed by atoms with E-state index < -0.39 is 0 Å². The van der Waals surface area contributed by atoms with E-state index in [1.807, 2.05) is 11.6 Å². The summed E-state index contributed by atoms with van der Waals surface area (Å²) in [7, 11) is 0. The van der Waals surface area contributed by atoms with E-state index in [0.29, 0.717) is 25.0 Å². The van der Waals surface area contributed by atoms with Crippen LogP contribution in [-0.2, 0) is 4.74 Å². The molecule has 2 aliphatic rings. The maximum Gasteiger partial charge on any atom is 0.225 e. The van der Waals surface area contributed by atoms with Crippen LogP contribution in [0, 0.1) is 0 Å². The summed E-state index contributed by atoms with van der Waals surface area (Å²) in [5.41, 5.74) is 3.90. The van der Waals surface area contributed by atoms with E-state index in [4.69, 9.17) is 14.5 Å². The summed E-state index contributed by atoms with van der Waals surface area (Å²) in [6.45, 7) is 2.99. The van der Waals surface area contributed by atoms with E-state index >= 15 is 0 Å². The summed E-state index contributed by atoms with van der Waals surface area (Å²) in [6.07, 6.45) is 5.66. The van der Waals surface area contributed by atoms with Crippen LogP contribution in [0.1, 0.15) is 37.3 Å². The number of rotatable bonds is 4. The number of aromatic hydroxyl groups is 1. The maximum absolute atomic E-state index is 9.94. The molecule has 0 spiro atoms. The Morgan fingerprint density at radius 2 is 1.93 bits per heavy atom. The molecule has 0 bridgehead atoms. The number of morpholine rings is 1. The third kappa shape index (κ3) is 4.00. The summed E-state index contributed by atoms with van der Waals surface area (Å²) in [4.78, 5) is 15.9. The Morgan fingerprint density at radius 3 is 2.69 bits per heavy atom. The second kappa shape index (κ2) is 8.12. The minimum atomic E-state index is 0.114. The first-order valence-electron chi connectivity index (χ1n) is 10.1. The van der Waals surface area contributed by atoms with E-state index in [9.17, 15) is 5.11 Å². The Labute approximate surface area is 173 Å². The van der Waals surface area contributed by atoms with Crippen molar-refractivity contribution in [2.45, 2.75) is 37.7 Å². The zero-order valence-corrected chi connectivity index (χ0v) is 17.0.